The molecule has 2 heterocycles. The van der Waals surface area contributed by atoms with E-state index in [9.17, 15) is 0 Å². The van der Waals surface area contributed by atoms with Gasteiger partial charge in [0.25, 0.3) is 0 Å². The molecule has 0 amide bonds. The van der Waals surface area contributed by atoms with Crippen molar-refractivity contribution in [2.75, 3.05) is 33.0 Å². The van der Waals surface area contributed by atoms with Crippen molar-refractivity contribution >= 4 is 0 Å². The molecule has 2 fully saturated rings. The van der Waals surface area contributed by atoms with Crippen LogP contribution in [0.5, 0.6) is 0 Å². The van der Waals surface area contributed by atoms with Crippen molar-refractivity contribution in [2.24, 2.45) is 0 Å². The largest absolute Gasteiger partial charge is 0.379 e. The number of rotatable bonds is 0. The minimum atomic E-state index is 0.179. The Morgan fingerprint density at radius 1 is 1.10 bits per heavy atom. The van der Waals surface area contributed by atoms with Gasteiger partial charge in [0, 0.05) is 13.2 Å². The Kier molecular flexibility index (Phi) is 1.64. The van der Waals surface area contributed by atoms with E-state index in [-0.39, 0.29) is 5.54 Å². The van der Waals surface area contributed by atoms with Crippen molar-refractivity contribution in [1.82, 2.24) is 5.32 Å². The van der Waals surface area contributed by atoms with Gasteiger partial charge in [0.15, 0.2) is 0 Å². The van der Waals surface area contributed by atoms with Gasteiger partial charge in [0.1, 0.15) is 0 Å². The first kappa shape index (κ1) is 6.58. The fraction of sp³-hybridized carbons (Fsp3) is 1.00. The van der Waals surface area contributed by atoms with Crippen LogP contribution in [0.2, 0.25) is 0 Å². The summed E-state index contributed by atoms with van der Waals surface area (Å²) in [5.41, 5.74) is 0.179. The molecule has 2 rings (SSSR count). The van der Waals surface area contributed by atoms with Gasteiger partial charge in [-0.15, -0.1) is 0 Å². The molecule has 0 saturated carbocycles. The number of morpholine rings is 1. The molecule has 1 N–H and O–H groups in total. The maximum Gasteiger partial charge on any atom is 0.0676 e. The van der Waals surface area contributed by atoms with E-state index in [4.69, 9.17) is 9.47 Å². The molecular formula is C7H13NO2. The monoisotopic (exact) mass is 143 g/mol. The molecule has 0 aromatic heterocycles. The van der Waals surface area contributed by atoms with Gasteiger partial charge in [-0.1, -0.05) is 0 Å². The highest BCUT2D eigenvalue weighted by atomic mass is 16.5. The Hall–Kier alpha value is -0.120. The van der Waals surface area contributed by atoms with Crippen LogP contribution in [0.4, 0.5) is 0 Å². The molecule has 3 heteroatoms. The van der Waals surface area contributed by atoms with E-state index in [0.29, 0.717) is 0 Å². The molecule has 0 aliphatic carbocycles. The Bertz CT molecular complexity index is 113. The summed E-state index contributed by atoms with van der Waals surface area (Å²) in [7, 11) is 0. The third kappa shape index (κ3) is 1.05. The Labute approximate surface area is 60.7 Å². The number of nitrogens with one attached hydrogen (secondary N) is 1. The van der Waals surface area contributed by atoms with Crippen molar-refractivity contribution in [1.29, 1.82) is 0 Å². The van der Waals surface area contributed by atoms with Gasteiger partial charge in [-0.05, 0) is 6.42 Å². The molecule has 1 spiro atoms. The third-order valence-electron chi connectivity index (χ3n) is 2.23. The lowest BCUT2D eigenvalue weighted by Gasteiger charge is -2.32. The maximum absolute atomic E-state index is 5.36. The molecule has 3 nitrogen and oxygen atoms in total. The average Bonchev–Trinajstić information content (AvgIpc) is 2.39. The standard InChI is InChI=1S/C7H13NO2/c1-3-9-5-7(1)6-10-4-2-8-7/h8H,1-6H2/t7-/m0/s1. The second-order valence-electron chi connectivity index (χ2n) is 3.06. The van der Waals surface area contributed by atoms with Gasteiger partial charge in [-0.3, -0.25) is 0 Å². The first-order valence-corrected chi connectivity index (χ1v) is 3.82. The quantitative estimate of drug-likeness (QED) is 0.508. The van der Waals surface area contributed by atoms with Crippen molar-refractivity contribution < 1.29 is 9.47 Å². The smallest absolute Gasteiger partial charge is 0.0676 e. The highest BCUT2D eigenvalue weighted by Gasteiger charge is 2.36. The van der Waals surface area contributed by atoms with Gasteiger partial charge >= 0.3 is 0 Å². The van der Waals surface area contributed by atoms with Crippen molar-refractivity contribution in [3.8, 4) is 0 Å². The van der Waals surface area contributed by atoms with Gasteiger partial charge in [0.2, 0.25) is 0 Å². The SMILES string of the molecule is C1COC[C@@]2(CCOC2)N1. The van der Waals surface area contributed by atoms with E-state index in [0.717, 1.165) is 39.4 Å². The van der Waals surface area contributed by atoms with Crippen LogP contribution < -0.4 is 5.32 Å². The molecule has 0 aromatic rings. The van der Waals surface area contributed by atoms with Crippen LogP contribution in [0.25, 0.3) is 0 Å². The maximum atomic E-state index is 5.36. The van der Waals surface area contributed by atoms with E-state index < -0.39 is 0 Å². The molecule has 0 unspecified atom stereocenters. The average molecular weight is 143 g/mol. The summed E-state index contributed by atoms with van der Waals surface area (Å²) in [6.07, 6.45) is 1.10. The van der Waals surface area contributed by atoms with Gasteiger partial charge in [-0.2, -0.15) is 0 Å². The second kappa shape index (κ2) is 2.49. The van der Waals surface area contributed by atoms with Crippen LogP contribution in [0.1, 0.15) is 6.42 Å². The number of hydrogen-bond acceptors (Lipinski definition) is 3. The molecule has 2 aliphatic heterocycles. The summed E-state index contributed by atoms with van der Waals surface area (Å²) in [5.74, 6) is 0. The summed E-state index contributed by atoms with van der Waals surface area (Å²) in [6, 6.07) is 0. The number of hydrogen-bond donors (Lipinski definition) is 1. The predicted octanol–water partition coefficient (Wildman–Crippen LogP) is -0.235. The van der Waals surface area contributed by atoms with Crippen molar-refractivity contribution in [2.45, 2.75) is 12.0 Å². The molecule has 0 radical (unpaired) electrons. The molecule has 0 aromatic carbocycles. The van der Waals surface area contributed by atoms with Crippen LogP contribution >= 0.6 is 0 Å². The van der Waals surface area contributed by atoms with E-state index >= 15 is 0 Å². The zero-order chi connectivity index (χ0) is 6.86. The summed E-state index contributed by atoms with van der Waals surface area (Å²) in [4.78, 5) is 0. The van der Waals surface area contributed by atoms with Gasteiger partial charge in [0.05, 0.1) is 25.4 Å². The molecule has 58 valence electrons. The van der Waals surface area contributed by atoms with Crippen molar-refractivity contribution in [3.63, 3.8) is 0 Å². The van der Waals surface area contributed by atoms with E-state index in [1.54, 1.807) is 0 Å². The number of ether oxygens (including phenoxy) is 2. The van der Waals surface area contributed by atoms with Crippen LogP contribution in [0, 0.1) is 0 Å². The fourth-order valence-corrected chi connectivity index (χ4v) is 1.57. The second-order valence-corrected chi connectivity index (χ2v) is 3.06. The minimum Gasteiger partial charge on any atom is -0.379 e. The molecule has 1 atom stereocenters. The lowest BCUT2D eigenvalue weighted by atomic mass is 9.99. The Morgan fingerprint density at radius 3 is 2.50 bits per heavy atom. The molecule has 2 saturated heterocycles. The van der Waals surface area contributed by atoms with E-state index in [1.807, 2.05) is 0 Å². The zero-order valence-corrected chi connectivity index (χ0v) is 6.06. The molecular weight excluding hydrogens is 130 g/mol. The highest BCUT2D eigenvalue weighted by molar-refractivity contribution is 4.93. The van der Waals surface area contributed by atoms with Gasteiger partial charge in [-0.25, -0.2) is 0 Å². The van der Waals surface area contributed by atoms with E-state index in [2.05, 4.69) is 5.32 Å². The Morgan fingerprint density at radius 2 is 1.90 bits per heavy atom. The molecule has 2 aliphatic rings. The topological polar surface area (TPSA) is 30.5 Å². The van der Waals surface area contributed by atoms with Crippen LogP contribution in [0.3, 0.4) is 0 Å². The van der Waals surface area contributed by atoms with Crippen LogP contribution in [-0.4, -0.2) is 38.5 Å². The van der Waals surface area contributed by atoms with E-state index in [1.165, 1.54) is 0 Å². The predicted molar refractivity (Wildman–Crippen MR) is 37.0 cm³/mol. The van der Waals surface area contributed by atoms with Crippen molar-refractivity contribution in [3.05, 3.63) is 0 Å². The summed E-state index contributed by atoms with van der Waals surface area (Å²) < 4.78 is 10.7. The highest BCUT2D eigenvalue weighted by Crippen LogP contribution is 2.20. The third-order valence-corrected chi connectivity index (χ3v) is 2.23. The fourth-order valence-electron chi connectivity index (χ4n) is 1.57. The zero-order valence-electron chi connectivity index (χ0n) is 6.06. The Balaban J connectivity index is 1.98. The van der Waals surface area contributed by atoms with Gasteiger partial charge < -0.3 is 14.8 Å². The molecule has 10 heavy (non-hydrogen) atoms. The lowest BCUT2D eigenvalue weighted by molar-refractivity contribution is 0.0213. The lowest BCUT2D eigenvalue weighted by Crippen LogP contribution is -2.54. The first-order chi connectivity index (χ1) is 4.91. The summed E-state index contributed by atoms with van der Waals surface area (Å²) in [5, 5.41) is 3.44. The summed E-state index contributed by atoms with van der Waals surface area (Å²) >= 11 is 0. The normalized spacial score (nSPS) is 40.8. The summed E-state index contributed by atoms with van der Waals surface area (Å²) in [6.45, 7) is 4.36. The van der Waals surface area contributed by atoms with Crippen LogP contribution in [0.15, 0.2) is 0 Å². The molecule has 0 bridgehead atoms. The first-order valence-electron chi connectivity index (χ1n) is 3.82. The van der Waals surface area contributed by atoms with Crippen LogP contribution in [-0.2, 0) is 9.47 Å². The minimum absolute atomic E-state index is 0.179.